The molecule has 0 aliphatic heterocycles. The van der Waals surface area contributed by atoms with E-state index in [1.165, 1.54) is 10.9 Å². The van der Waals surface area contributed by atoms with E-state index < -0.39 is 4.92 Å². The highest BCUT2D eigenvalue weighted by atomic mass is 16.6. The van der Waals surface area contributed by atoms with Crippen LogP contribution in [0, 0.1) is 10.1 Å². The molecule has 1 N–H and O–H groups in total. The van der Waals surface area contributed by atoms with Crippen LogP contribution in [0.25, 0.3) is 0 Å². The van der Waals surface area contributed by atoms with Gasteiger partial charge in [-0.2, -0.15) is 0 Å². The number of anilines is 1. The zero-order valence-electron chi connectivity index (χ0n) is 11.4. The van der Waals surface area contributed by atoms with Crippen molar-refractivity contribution in [3.05, 3.63) is 16.3 Å². The number of nitrogens with one attached hydrogen (secondary N) is 1. The van der Waals surface area contributed by atoms with Crippen LogP contribution in [0.3, 0.4) is 0 Å². The van der Waals surface area contributed by atoms with E-state index in [-0.39, 0.29) is 5.69 Å². The third-order valence-electron chi connectivity index (χ3n) is 2.87. The molecule has 0 radical (unpaired) electrons. The van der Waals surface area contributed by atoms with Gasteiger partial charge < -0.3 is 10.2 Å². The summed E-state index contributed by atoms with van der Waals surface area (Å²) in [5.74, 6) is 0.342. The van der Waals surface area contributed by atoms with Crippen LogP contribution in [0.5, 0.6) is 0 Å². The van der Waals surface area contributed by atoms with E-state index in [0.29, 0.717) is 18.4 Å². The number of rotatable bonds is 7. The Morgan fingerprint density at radius 2 is 2.28 bits per heavy atom. The highest BCUT2D eigenvalue weighted by Crippen LogP contribution is 2.21. The lowest BCUT2D eigenvalue weighted by molar-refractivity contribution is -0.384. The molecule has 0 fully saturated rings. The van der Waals surface area contributed by atoms with Crippen LogP contribution in [0.2, 0.25) is 0 Å². The van der Waals surface area contributed by atoms with Crippen molar-refractivity contribution in [2.45, 2.75) is 26.3 Å². The number of hydrogen-bond acceptors (Lipinski definition) is 5. The molecule has 1 aromatic rings. The van der Waals surface area contributed by atoms with Gasteiger partial charge in [0.1, 0.15) is 6.20 Å². The van der Waals surface area contributed by atoms with Crippen molar-refractivity contribution in [3.63, 3.8) is 0 Å². The molecular weight excluding hydrogens is 234 g/mol. The van der Waals surface area contributed by atoms with Crippen LogP contribution in [-0.2, 0) is 7.05 Å². The molecule has 18 heavy (non-hydrogen) atoms. The van der Waals surface area contributed by atoms with Crippen LogP contribution >= 0.6 is 0 Å². The fourth-order valence-electron chi connectivity index (χ4n) is 1.53. The lowest BCUT2D eigenvalue weighted by atomic mass is 10.3. The molecule has 0 saturated carbocycles. The van der Waals surface area contributed by atoms with Crippen molar-refractivity contribution in [2.75, 3.05) is 25.5 Å². The Hall–Kier alpha value is -1.63. The predicted molar refractivity (Wildman–Crippen MR) is 70.7 cm³/mol. The van der Waals surface area contributed by atoms with Gasteiger partial charge in [0.25, 0.3) is 0 Å². The second kappa shape index (κ2) is 6.34. The normalized spacial score (nSPS) is 11.2. The first kappa shape index (κ1) is 14.4. The summed E-state index contributed by atoms with van der Waals surface area (Å²) in [6, 6.07) is 0.509. The average molecular weight is 255 g/mol. The van der Waals surface area contributed by atoms with Crippen molar-refractivity contribution in [3.8, 4) is 0 Å². The van der Waals surface area contributed by atoms with Crippen molar-refractivity contribution in [1.82, 2.24) is 14.7 Å². The van der Waals surface area contributed by atoms with Gasteiger partial charge in [-0.15, -0.1) is 5.10 Å². The fraction of sp³-hybridized carbons (Fsp3) is 0.727. The van der Waals surface area contributed by atoms with Crippen molar-refractivity contribution in [2.24, 2.45) is 7.05 Å². The summed E-state index contributed by atoms with van der Waals surface area (Å²) in [6.45, 7) is 5.90. The van der Waals surface area contributed by atoms with Crippen molar-refractivity contribution >= 4 is 11.5 Å². The summed E-state index contributed by atoms with van der Waals surface area (Å²) in [7, 11) is 3.73. The first-order valence-electron chi connectivity index (χ1n) is 6.04. The molecule has 0 amide bonds. The summed E-state index contributed by atoms with van der Waals surface area (Å²) >= 11 is 0. The number of aromatic nitrogens is 2. The third kappa shape index (κ3) is 3.99. The minimum Gasteiger partial charge on any atom is -0.363 e. The smallest absolute Gasteiger partial charge is 0.330 e. The minimum absolute atomic E-state index is 0.0229. The molecule has 1 heterocycles. The molecule has 0 aliphatic carbocycles. The highest BCUT2D eigenvalue weighted by Gasteiger charge is 2.17. The van der Waals surface area contributed by atoms with E-state index in [9.17, 15) is 10.1 Å². The van der Waals surface area contributed by atoms with Gasteiger partial charge in [-0.1, -0.05) is 0 Å². The lowest BCUT2D eigenvalue weighted by Gasteiger charge is -2.20. The summed E-state index contributed by atoms with van der Waals surface area (Å²) in [5, 5.41) is 17.8. The van der Waals surface area contributed by atoms with Crippen LogP contribution < -0.4 is 5.32 Å². The molecule has 0 bridgehead atoms. The maximum absolute atomic E-state index is 10.8. The SMILES string of the molecule is CC(C)N(C)CCCNc1nn(C)cc1[N+](=O)[O-]. The Balaban J connectivity index is 2.42. The Bertz CT molecular complexity index is 402. The standard InChI is InChI=1S/C11H21N5O2/c1-9(2)14(3)7-5-6-12-11-10(16(17)18)8-15(4)13-11/h8-9H,5-7H2,1-4H3,(H,12,13). The van der Waals surface area contributed by atoms with Gasteiger partial charge in [-0.05, 0) is 33.9 Å². The lowest BCUT2D eigenvalue weighted by Crippen LogP contribution is -2.28. The van der Waals surface area contributed by atoms with Gasteiger partial charge in [0.2, 0.25) is 5.82 Å². The van der Waals surface area contributed by atoms with E-state index in [1.54, 1.807) is 7.05 Å². The molecule has 0 aliphatic rings. The van der Waals surface area contributed by atoms with Crippen LogP contribution in [0.15, 0.2) is 6.20 Å². The highest BCUT2D eigenvalue weighted by molar-refractivity contribution is 5.54. The average Bonchev–Trinajstić information content (AvgIpc) is 2.65. The maximum Gasteiger partial charge on any atom is 0.330 e. The second-order valence-corrected chi connectivity index (χ2v) is 4.65. The summed E-state index contributed by atoms with van der Waals surface area (Å²) in [5.41, 5.74) is 0.0229. The first-order valence-corrected chi connectivity index (χ1v) is 6.04. The predicted octanol–water partition coefficient (Wildman–Crippen LogP) is 1.47. The van der Waals surface area contributed by atoms with Gasteiger partial charge in [0, 0.05) is 19.6 Å². The van der Waals surface area contributed by atoms with Gasteiger partial charge >= 0.3 is 5.69 Å². The molecular formula is C11H21N5O2. The monoisotopic (exact) mass is 255 g/mol. The zero-order valence-corrected chi connectivity index (χ0v) is 11.4. The molecule has 1 rings (SSSR count). The van der Waals surface area contributed by atoms with Crippen molar-refractivity contribution < 1.29 is 4.92 Å². The van der Waals surface area contributed by atoms with Crippen molar-refractivity contribution in [1.29, 1.82) is 0 Å². The Labute approximate surface area is 107 Å². The van der Waals surface area contributed by atoms with Gasteiger partial charge in [-0.3, -0.25) is 14.8 Å². The number of aryl methyl sites for hydroxylation is 1. The second-order valence-electron chi connectivity index (χ2n) is 4.65. The molecule has 1 aromatic heterocycles. The largest absolute Gasteiger partial charge is 0.363 e. The van der Waals surface area contributed by atoms with Gasteiger partial charge in [-0.25, -0.2) is 0 Å². The molecule has 0 aromatic carbocycles. The van der Waals surface area contributed by atoms with Crippen LogP contribution in [0.1, 0.15) is 20.3 Å². The zero-order chi connectivity index (χ0) is 13.7. The van der Waals surface area contributed by atoms with Crippen LogP contribution in [0.4, 0.5) is 11.5 Å². The van der Waals surface area contributed by atoms with E-state index in [4.69, 9.17) is 0 Å². The topological polar surface area (TPSA) is 76.2 Å². The first-order chi connectivity index (χ1) is 8.41. The molecule has 0 unspecified atom stereocenters. The molecule has 0 atom stereocenters. The molecule has 0 saturated heterocycles. The Kier molecular flexibility index (Phi) is 5.08. The quantitative estimate of drug-likeness (QED) is 0.453. The van der Waals surface area contributed by atoms with E-state index in [2.05, 4.69) is 36.2 Å². The van der Waals surface area contributed by atoms with E-state index in [1.807, 2.05) is 0 Å². The Morgan fingerprint density at radius 1 is 1.61 bits per heavy atom. The molecule has 0 spiro atoms. The third-order valence-corrected chi connectivity index (χ3v) is 2.87. The number of nitrogens with zero attached hydrogens (tertiary/aromatic N) is 4. The fourth-order valence-corrected chi connectivity index (χ4v) is 1.53. The van der Waals surface area contributed by atoms with E-state index >= 15 is 0 Å². The molecule has 102 valence electrons. The molecule has 7 nitrogen and oxygen atoms in total. The maximum atomic E-state index is 10.8. The number of hydrogen-bond donors (Lipinski definition) is 1. The van der Waals surface area contributed by atoms with Crippen LogP contribution in [-0.4, -0.2) is 45.8 Å². The summed E-state index contributed by atoms with van der Waals surface area (Å²) in [4.78, 5) is 12.6. The van der Waals surface area contributed by atoms with E-state index in [0.717, 1.165) is 13.0 Å². The molecule has 7 heteroatoms. The minimum atomic E-state index is -0.421. The summed E-state index contributed by atoms with van der Waals surface area (Å²) < 4.78 is 1.45. The van der Waals surface area contributed by atoms with Gasteiger partial charge in [0.05, 0.1) is 4.92 Å². The number of nitro groups is 1. The van der Waals surface area contributed by atoms with Gasteiger partial charge in [0.15, 0.2) is 0 Å². The Morgan fingerprint density at radius 3 is 2.83 bits per heavy atom. The summed E-state index contributed by atoms with van der Waals surface area (Å²) in [6.07, 6.45) is 2.32.